The van der Waals surface area contributed by atoms with Gasteiger partial charge in [-0.1, -0.05) is 23.9 Å². The molecule has 0 saturated heterocycles. The standard InChI is InChI=1S/C19H18BrN3O3S2/c1-3-26-15-9-12(8-13(20)17(15)24)10-21-23-18(25)11(2)27-19-22-14-6-4-5-7-16(14)28-19/h4-11,24H,3H2,1-2H3,(H,23,25)/b21-10-/t11-/m0/s1. The number of aromatic hydroxyl groups is 1. The van der Waals surface area contributed by atoms with Crippen LogP contribution in [-0.4, -0.2) is 34.1 Å². The van der Waals surface area contributed by atoms with Crippen LogP contribution in [0.25, 0.3) is 10.2 Å². The molecule has 1 heterocycles. The maximum atomic E-state index is 12.3. The van der Waals surface area contributed by atoms with Crippen molar-refractivity contribution < 1.29 is 14.6 Å². The normalized spacial score (nSPS) is 12.4. The molecule has 0 radical (unpaired) electrons. The summed E-state index contributed by atoms with van der Waals surface area (Å²) in [5, 5.41) is 13.6. The molecule has 2 aromatic carbocycles. The van der Waals surface area contributed by atoms with Crippen molar-refractivity contribution in [1.29, 1.82) is 0 Å². The molecule has 0 aliphatic carbocycles. The number of para-hydroxylation sites is 1. The number of phenols is 1. The highest BCUT2D eigenvalue weighted by atomic mass is 79.9. The van der Waals surface area contributed by atoms with E-state index in [1.807, 2.05) is 38.1 Å². The first-order valence-electron chi connectivity index (χ1n) is 8.48. The van der Waals surface area contributed by atoms with Gasteiger partial charge in [0.1, 0.15) is 0 Å². The molecule has 0 unspecified atom stereocenters. The second kappa shape index (κ2) is 9.40. The zero-order valence-corrected chi connectivity index (χ0v) is 18.4. The number of phenolic OH excluding ortho intramolecular Hbond substituents is 1. The topological polar surface area (TPSA) is 83.8 Å². The van der Waals surface area contributed by atoms with E-state index in [1.54, 1.807) is 23.5 Å². The molecule has 0 saturated carbocycles. The van der Waals surface area contributed by atoms with Crippen LogP contribution in [0.5, 0.6) is 11.5 Å². The van der Waals surface area contributed by atoms with Crippen molar-refractivity contribution >= 4 is 61.4 Å². The van der Waals surface area contributed by atoms with E-state index in [4.69, 9.17) is 4.74 Å². The highest BCUT2D eigenvalue weighted by Gasteiger charge is 2.16. The molecule has 0 aliphatic rings. The lowest BCUT2D eigenvalue weighted by atomic mass is 10.2. The van der Waals surface area contributed by atoms with Crippen LogP contribution in [0.1, 0.15) is 19.4 Å². The quantitative estimate of drug-likeness (QED) is 0.289. The average molecular weight is 480 g/mol. The molecule has 146 valence electrons. The second-order valence-electron chi connectivity index (χ2n) is 5.72. The number of thioether (sulfide) groups is 1. The molecule has 3 rings (SSSR count). The maximum Gasteiger partial charge on any atom is 0.253 e. The molecule has 0 fully saturated rings. The van der Waals surface area contributed by atoms with Crippen molar-refractivity contribution in [2.75, 3.05) is 6.61 Å². The van der Waals surface area contributed by atoms with Gasteiger partial charge in [0.2, 0.25) is 0 Å². The van der Waals surface area contributed by atoms with Gasteiger partial charge >= 0.3 is 0 Å². The monoisotopic (exact) mass is 479 g/mol. The van der Waals surface area contributed by atoms with E-state index >= 15 is 0 Å². The number of halogens is 1. The number of rotatable bonds is 7. The molecule has 1 amide bonds. The minimum absolute atomic E-state index is 0.0314. The molecule has 0 aliphatic heterocycles. The summed E-state index contributed by atoms with van der Waals surface area (Å²) >= 11 is 6.24. The minimum Gasteiger partial charge on any atom is -0.503 e. The SMILES string of the molecule is CCOc1cc(/C=N\NC(=O)[C@H](C)Sc2nc3ccccc3s2)cc(Br)c1O. The number of ether oxygens (including phenoxy) is 1. The molecular weight excluding hydrogens is 462 g/mol. The Morgan fingerprint density at radius 1 is 1.46 bits per heavy atom. The fraction of sp³-hybridized carbons (Fsp3) is 0.211. The van der Waals surface area contributed by atoms with Crippen LogP contribution in [0.2, 0.25) is 0 Å². The number of hydrazone groups is 1. The first-order chi connectivity index (χ1) is 13.5. The first-order valence-corrected chi connectivity index (χ1v) is 11.0. The van der Waals surface area contributed by atoms with Crippen LogP contribution in [0.4, 0.5) is 0 Å². The Morgan fingerprint density at radius 2 is 2.25 bits per heavy atom. The minimum atomic E-state index is -0.344. The zero-order chi connectivity index (χ0) is 20.1. The Labute approximate surface area is 179 Å². The van der Waals surface area contributed by atoms with Gasteiger partial charge in [-0.05, 0) is 59.6 Å². The van der Waals surface area contributed by atoms with Gasteiger partial charge in [0.25, 0.3) is 5.91 Å². The van der Waals surface area contributed by atoms with E-state index < -0.39 is 0 Å². The Bertz CT molecular complexity index is 990. The third kappa shape index (κ3) is 5.03. The molecule has 6 nitrogen and oxygen atoms in total. The summed E-state index contributed by atoms with van der Waals surface area (Å²) in [6, 6.07) is 11.2. The van der Waals surface area contributed by atoms with Crippen molar-refractivity contribution in [3.8, 4) is 11.5 Å². The predicted molar refractivity (Wildman–Crippen MR) is 118 cm³/mol. The van der Waals surface area contributed by atoms with Crippen LogP contribution in [-0.2, 0) is 4.79 Å². The second-order valence-corrected chi connectivity index (χ2v) is 9.20. The summed E-state index contributed by atoms with van der Waals surface area (Å²) < 4.78 is 7.81. The lowest BCUT2D eigenvalue weighted by Gasteiger charge is -2.09. The maximum absolute atomic E-state index is 12.3. The summed E-state index contributed by atoms with van der Waals surface area (Å²) in [6.07, 6.45) is 1.50. The molecule has 1 atom stereocenters. The highest BCUT2D eigenvalue weighted by molar-refractivity contribution is 9.10. The number of hydrogen-bond donors (Lipinski definition) is 2. The molecule has 9 heteroatoms. The van der Waals surface area contributed by atoms with Crippen LogP contribution < -0.4 is 10.2 Å². The molecule has 1 aromatic heterocycles. The summed E-state index contributed by atoms with van der Waals surface area (Å²) in [4.78, 5) is 16.8. The van der Waals surface area contributed by atoms with Crippen molar-refractivity contribution in [1.82, 2.24) is 10.4 Å². The van der Waals surface area contributed by atoms with Crippen molar-refractivity contribution in [3.05, 3.63) is 46.4 Å². The Morgan fingerprint density at radius 3 is 3.00 bits per heavy atom. The Balaban J connectivity index is 1.61. The van der Waals surface area contributed by atoms with E-state index in [2.05, 4.69) is 31.4 Å². The lowest BCUT2D eigenvalue weighted by molar-refractivity contribution is -0.120. The molecule has 0 bridgehead atoms. The van der Waals surface area contributed by atoms with Crippen molar-refractivity contribution in [3.63, 3.8) is 0 Å². The van der Waals surface area contributed by atoms with Crippen LogP contribution in [0, 0.1) is 0 Å². The molecule has 3 aromatic rings. The van der Waals surface area contributed by atoms with Crippen molar-refractivity contribution in [2.24, 2.45) is 5.10 Å². The number of nitrogens with one attached hydrogen (secondary N) is 1. The van der Waals surface area contributed by atoms with Crippen molar-refractivity contribution in [2.45, 2.75) is 23.4 Å². The van der Waals surface area contributed by atoms with Crippen LogP contribution >= 0.6 is 39.0 Å². The number of thiazole rings is 1. The molecular formula is C19H18BrN3O3S2. The zero-order valence-electron chi connectivity index (χ0n) is 15.2. The van der Waals surface area contributed by atoms with Gasteiger partial charge in [0.05, 0.1) is 32.8 Å². The Hall–Kier alpha value is -2.10. The number of hydrogen-bond acceptors (Lipinski definition) is 7. The van der Waals surface area contributed by atoms with E-state index in [0.717, 1.165) is 14.6 Å². The van der Waals surface area contributed by atoms with Gasteiger partial charge in [0.15, 0.2) is 15.8 Å². The van der Waals surface area contributed by atoms with Crippen LogP contribution in [0.3, 0.4) is 0 Å². The largest absolute Gasteiger partial charge is 0.503 e. The van der Waals surface area contributed by atoms with Gasteiger partial charge < -0.3 is 9.84 Å². The number of amides is 1. The number of benzene rings is 2. The Kier molecular flexibility index (Phi) is 6.93. The fourth-order valence-corrected chi connectivity index (χ4v) is 4.97. The molecule has 28 heavy (non-hydrogen) atoms. The molecule has 2 N–H and O–H groups in total. The van der Waals surface area contributed by atoms with Gasteiger partial charge in [0, 0.05) is 0 Å². The summed E-state index contributed by atoms with van der Waals surface area (Å²) in [5.41, 5.74) is 4.15. The van der Waals surface area contributed by atoms with Gasteiger partial charge in [-0.15, -0.1) is 11.3 Å². The summed E-state index contributed by atoms with van der Waals surface area (Å²) in [7, 11) is 0. The number of fused-ring (bicyclic) bond motifs is 1. The number of nitrogens with zero attached hydrogens (tertiary/aromatic N) is 2. The molecule has 0 spiro atoms. The van der Waals surface area contributed by atoms with E-state index in [0.29, 0.717) is 22.4 Å². The van der Waals surface area contributed by atoms with Gasteiger partial charge in [-0.3, -0.25) is 4.79 Å². The lowest BCUT2D eigenvalue weighted by Crippen LogP contribution is -2.26. The van der Waals surface area contributed by atoms with E-state index in [9.17, 15) is 9.90 Å². The van der Waals surface area contributed by atoms with E-state index in [1.165, 1.54) is 18.0 Å². The summed E-state index contributed by atoms with van der Waals surface area (Å²) in [5.74, 6) is 0.164. The third-order valence-electron chi connectivity index (χ3n) is 3.66. The summed E-state index contributed by atoms with van der Waals surface area (Å²) in [6.45, 7) is 4.07. The smallest absolute Gasteiger partial charge is 0.253 e. The van der Waals surface area contributed by atoms with Gasteiger partial charge in [-0.2, -0.15) is 5.10 Å². The van der Waals surface area contributed by atoms with E-state index in [-0.39, 0.29) is 16.9 Å². The first kappa shape index (κ1) is 20.6. The highest BCUT2D eigenvalue weighted by Crippen LogP contribution is 2.35. The fourth-order valence-electron chi connectivity index (χ4n) is 2.30. The average Bonchev–Trinajstić information content (AvgIpc) is 3.08. The third-order valence-corrected chi connectivity index (χ3v) is 6.49. The van der Waals surface area contributed by atoms with Gasteiger partial charge in [-0.25, -0.2) is 10.4 Å². The van der Waals surface area contributed by atoms with Crippen LogP contribution in [0.15, 0.2) is 50.3 Å². The number of aromatic nitrogens is 1. The predicted octanol–water partition coefficient (Wildman–Crippen LogP) is 4.79. The number of carbonyl (C=O) groups excluding carboxylic acids is 1. The number of carbonyl (C=O) groups is 1.